The smallest absolute Gasteiger partial charge is 0.322 e. The summed E-state index contributed by atoms with van der Waals surface area (Å²) < 4.78 is 18.9. The van der Waals surface area contributed by atoms with Crippen molar-refractivity contribution in [3.05, 3.63) is 76.5 Å². The van der Waals surface area contributed by atoms with Crippen LogP contribution in [0.5, 0.6) is 0 Å². The second kappa shape index (κ2) is 8.89. The molecular formula is C23H22ClFN4O2. The van der Waals surface area contributed by atoms with Crippen LogP contribution in [0.4, 0.5) is 9.18 Å². The molecule has 1 unspecified atom stereocenters. The minimum absolute atomic E-state index is 0.173. The molecule has 2 amide bonds. The van der Waals surface area contributed by atoms with Crippen LogP contribution < -0.4 is 5.32 Å². The molecule has 6 nitrogen and oxygen atoms in total. The fourth-order valence-corrected chi connectivity index (χ4v) is 3.72. The van der Waals surface area contributed by atoms with E-state index in [1.165, 1.54) is 12.1 Å². The predicted molar refractivity (Wildman–Crippen MR) is 117 cm³/mol. The summed E-state index contributed by atoms with van der Waals surface area (Å²) in [7, 11) is 0. The van der Waals surface area contributed by atoms with Gasteiger partial charge < -0.3 is 9.84 Å². The van der Waals surface area contributed by atoms with Gasteiger partial charge in [-0.15, -0.1) is 0 Å². The van der Waals surface area contributed by atoms with Crippen molar-refractivity contribution in [2.75, 3.05) is 6.54 Å². The minimum Gasteiger partial charge on any atom is -0.334 e. The van der Waals surface area contributed by atoms with Gasteiger partial charge in [-0.1, -0.05) is 42.2 Å². The molecule has 3 aromatic rings. The number of carbonyl (C=O) groups excluding carboxylic acids is 1. The first kappa shape index (κ1) is 21.1. The number of hydrogen-bond acceptors (Lipinski definition) is 4. The Morgan fingerprint density at radius 1 is 1.16 bits per heavy atom. The van der Waals surface area contributed by atoms with Gasteiger partial charge in [0.15, 0.2) is 0 Å². The number of rotatable bonds is 6. The van der Waals surface area contributed by atoms with Crippen molar-refractivity contribution in [1.29, 1.82) is 0 Å². The van der Waals surface area contributed by atoms with E-state index in [0.29, 0.717) is 28.8 Å². The zero-order valence-corrected chi connectivity index (χ0v) is 18.0. The Morgan fingerprint density at radius 3 is 2.55 bits per heavy atom. The quantitative estimate of drug-likeness (QED) is 0.523. The van der Waals surface area contributed by atoms with Crippen LogP contribution in [-0.4, -0.2) is 27.6 Å². The summed E-state index contributed by atoms with van der Waals surface area (Å²) in [6.07, 6.45) is 1.83. The maximum atomic E-state index is 13.3. The monoisotopic (exact) mass is 440 g/mol. The summed E-state index contributed by atoms with van der Waals surface area (Å²) in [6, 6.07) is 12.5. The van der Waals surface area contributed by atoms with Gasteiger partial charge in [0.1, 0.15) is 5.82 Å². The van der Waals surface area contributed by atoms with Crippen molar-refractivity contribution in [2.45, 2.75) is 32.7 Å². The number of benzene rings is 2. The third-order valence-corrected chi connectivity index (χ3v) is 5.55. The van der Waals surface area contributed by atoms with Crippen LogP contribution in [0.25, 0.3) is 17.0 Å². The second-order valence-corrected chi connectivity index (χ2v) is 7.80. The van der Waals surface area contributed by atoms with Gasteiger partial charge in [-0.25, -0.2) is 9.18 Å². The molecule has 0 aliphatic carbocycles. The lowest BCUT2D eigenvalue weighted by atomic mass is 9.94. The Labute approximate surface area is 184 Å². The standard InChI is InChI=1S/C23H22ClFN4O2/c1-3-4-13-29-14(2)19(20(26-23(29)30)15-5-9-17(24)10-6-15)22-27-21(28-31-22)16-7-11-18(25)12-8-16/h5-12,20H,3-4,13H2,1-2H3,(H,26,30). The third-order valence-electron chi connectivity index (χ3n) is 5.29. The molecule has 1 N–H and O–H groups in total. The maximum absolute atomic E-state index is 13.3. The molecule has 160 valence electrons. The van der Waals surface area contributed by atoms with Crippen molar-refractivity contribution in [3.8, 4) is 11.4 Å². The number of nitrogens with zero attached hydrogens (tertiary/aromatic N) is 3. The number of amides is 2. The van der Waals surface area contributed by atoms with Gasteiger partial charge in [0.2, 0.25) is 5.82 Å². The Kier molecular flexibility index (Phi) is 6.04. The molecule has 0 saturated heterocycles. The first-order chi connectivity index (χ1) is 15.0. The lowest BCUT2D eigenvalue weighted by molar-refractivity contribution is 0.204. The number of nitrogens with one attached hydrogen (secondary N) is 1. The van der Waals surface area contributed by atoms with Crippen molar-refractivity contribution >= 4 is 23.2 Å². The molecular weight excluding hydrogens is 419 g/mol. The first-order valence-corrected chi connectivity index (χ1v) is 10.5. The van der Waals surface area contributed by atoms with Crippen molar-refractivity contribution in [1.82, 2.24) is 20.4 Å². The molecule has 0 spiro atoms. The lowest BCUT2D eigenvalue weighted by Gasteiger charge is -2.35. The molecule has 0 bridgehead atoms. The Balaban J connectivity index is 1.78. The molecule has 0 fully saturated rings. The highest BCUT2D eigenvalue weighted by Gasteiger charge is 2.35. The van der Waals surface area contributed by atoms with Gasteiger partial charge in [0.25, 0.3) is 5.89 Å². The van der Waals surface area contributed by atoms with Crippen LogP contribution in [0.2, 0.25) is 5.02 Å². The fourth-order valence-electron chi connectivity index (χ4n) is 3.60. The Bertz CT molecular complexity index is 1110. The summed E-state index contributed by atoms with van der Waals surface area (Å²) in [5.41, 5.74) is 2.97. The van der Waals surface area contributed by atoms with Crippen LogP contribution in [-0.2, 0) is 0 Å². The Hall–Kier alpha value is -3.19. The minimum atomic E-state index is -0.468. The van der Waals surface area contributed by atoms with E-state index in [0.717, 1.165) is 29.7 Å². The van der Waals surface area contributed by atoms with Gasteiger partial charge in [-0.3, -0.25) is 4.90 Å². The molecule has 1 atom stereocenters. The van der Waals surface area contributed by atoms with E-state index in [1.807, 2.05) is 19.1 Å². The molecule has 31 heavy (non-hydrogen) atoms. The van der Waals surface area contributed by atoms with E-state index in [-0.39, 0.29) is 11.8 Å². The first-order valence-electron chi connectivity index (χ1n) is 10.1. The van der Waals surface area contributed by atoms with Gasteiger partial charge in [0, 0.05) is 22.8 Å². The maximum Gasteiger partial charge on any atom is 0.322 e. The summed E-state index contributed by atoms with van der Waals surface area (Å²) >= 11 is 6.05. The topological polar surface area (TPSA) is 71.3 Å². The van der Waals surface area contributed by atoms with Crippen LogP contribution in [0.1, 0.15) is 44.2 Å². The summed E-state index contributed by atoms with van der Waals surface area (Å²) in [5.74, 6) is 0.316. The highest BCUT2D eigenvalue weighted by molar-refractivity contribution is 6.30. The Morgan fingerprint density at radius 2 is 1.87 bits per heavy atom. The van der Waals surface area contributed by atoms with E-state index < -0.39 is 6.04 Å². The van der Waals surface area contributed by atoms with Crippen molar-refractivity contribution in [3.63, 3.8) is 0 Å². The van der Waals surface area contributed by atoms with Gasteiger partial charge in [0.05, 0.1) is 11.6 Å². The van der Waals surface area contributed by atoms with Crippen molar-refractivity contribution in [2.24, 2.45) is 0 Å². The number of halogens is 2. The zero-order valence-electron chi connectivity index (χ0n) is 17.2. The molecule has 8 heteroatoms. The average Bonchev–Trinajstić information content (AvgIpc) is 3.24. The number of allylic oxidation sites excluding steroid dienone is 1. The predicted octanol–water partition coefficient (Wildman–Crippen LogP) is 5.83. The summed E-state index contributed by atoms with van der Waals surface area (Å²) in [6.45, 7) is 4.55. The van der Waals surface area contributed by atoms with Crippen LogP contribution in [0.15, 0.2) is 58.8 Å². The average molecular weight is 441 g/mol. The van der Waals surface area contributed by atoms with E-state index in [2.05, 4.69) is 22.4 Å². The zero-order chi connectivity index (χ0) is 22.0. The molecule has 4 rings (SSSR count). The molecule has 1 aliphatic rings. The number of carbonyl (C=O) groups is 1. The number of hydrogen-bond donors (Lipinski definition) is 1. The molecule has 1 aliphatic heterocycles. The summed E-state index contributed by atoms with van der Waals surface area (Å²) in [4.78, 5) is 19.1. The molecule has 0 radical (unpaired) electrons. The number of aromatic nitrogens is 2. The second-order valence-electron chi connectivity index (χ2n) is 7.37. The van der Waals surface area contributed by atoms with E-state index in [4.69, 9.17) is 16.1 Å². The number of unbranched alkanes of at least 4 members (excludes halogenated alkanes) is 1. The number of urea groups is 1. The highest BCUT2D eigenvalue weighted by atomic mass is 35.5. The molecule has 1 aromatic heterocycles. The summed E-state index contributed by atoms with van der Waals surface area (Å²) in [5, 5.41) is 7.74. The third kappa shape index (κ3) is 4.32. The lowest BCUT2D eigenvalue weighted by Crippen LogP contribution is -2.46. The van der Waals surface area contributed by atoms with Gasteiger partial charge >= 0.3 is 6.03 Å². The van der Waals surface area contributed by atoms with Crippen LogP contribution >= 0.6 is 11.6 Å². The van der Waals surface area contributed by atoms with Crippen molar-refractivity contribution < 1.29 is 13.7 Å². The SMILES string of the molecule is CCCCN1C(=O)NC(c2ccc(Cl)cc2)C(c2nc(-c3ccc(F)cc3)no2)=C1C. The van der Waals surface area contributed by atoms with Gasteiger partial charge in [-0.2, -0.15) is 4.98 Å². The van der Waals surface area contributed by atoms with E-state index in [9.17, 15) is 9.18 Å². The van der Waals surface area contributed by atoms with Gasteiger partial charge in [-0.05, 0) is 55.3 Å². The van der Waals surface area contributed by atoms with Crippen LogP contribution in [0.3, 0.4) is 0 Å². The molecule has 2 heterocycles. The highest BCUT2D eigenvalue weighted by Crippen LogP contribution is 2.37. The van der Waals surface area contributed by atoms with E-state index >= 15 is 0 Å². The normalized spacial score (nSPS) is 16.6. The molecule has 0 saturated carbocycles. The fraction of sp³-hybridized carbons (Fsp3) is 0.261. The largest absolute Gasteiger partial charge is 0.334 e. The van der Waals surface area contributed by atoms with Crippen LogP contribution in [0, 0.1) is 5.82 Å². The van der Waals surface area contributed by atoms with E-state index in [1.54, 1.807) is 29.2 Å². The molecule has 2 aromatic carbocycles.